The first-order chi connectivity index (χ1) is 15.4. The number of carbonyl (C=O) groups excluding carboxylic acids is 2. The lowest BCUT2D eigenvalue weighted by atomic mass is 10.0. The van der Waals surface area contributed by atoms with Crippen LogP contribution in [0.4, 0.5) is 5.69 Å². The molecule has 32 heavy (non-hydrogen) atoms. The minimum atomic E-state index is -0.457. The number of thiophene rings is 1. The molecule has 162 valence electrons. The second kappa shape index (κ2) is 9.05. The van der Waals surface area contributed by atoms with Gasteiger partial charge in [0.25, 0.3) is 5.56 Å². The largest absolute Gasteiger partial charge is 0.465 e. The minimum Gasteiger partial charge on any atom is -0.465 e. The van der Waals surface area contributed by atoms with Gasteiger partial charge in [0.05, 0.1) is 24.4 Å². The summed E-state index contributed by atoms with van der Waals surface area (Å²) in [7, 11) is 1.30. The van der Waals surface area contributed by atoms with Crippen molar-refractivity contribution in [1.29, 1.82) is 0 Å². The number of rotatable bonds is 5. The summed E-state index contributed by atoms with van der Waals surface area (Å²) in [5.41, 5.74) is 2.37. The van der Waals surface area contributed by atoms with E-state index in [2.05, 4.69) is 31.0 Å². The molecule has 0 atom stereocenters. The fraction of sp³-hybridized carbons (Fsp3) is 0.130. The topological polar surface area (TPSA) is 90.3 Å². The fourth-order valence-corrected chi connectivity index (χ4v) is 4.64. The van der Waals surface area contributed by atoms with Gasteiger partial charge in [0, 0.05) is 20.6 Å². The molecular weight excluding hydrogens is 494 g/mol. The molecule has 0 fully saturated rings. The number of aryl methyl sites for hydroxylation is 1. The van der Waals surface area contributed by atoms with E-state index in [9.17, 15) is 14.4 Å². The Morgan fingerprint density at radius 3 is 2.47 bits per heavy atom. The number of ether oxygens (including phenoxy) is 1. The number of anilines is 1. The predicted molar refractivity (Wildman–Crippen MR) is 128 cm³/mol. The first kappa shape index (κ1) is 21.9. The van der Waals surface area contributed by atoms with Crippen LogP contribution in [0.1, 0.15) is 15.2 Å². The van der Waals surface area contributed by atoms with Gasteiger partial charge in [0.15, 0.2) is 0 Å². The molecule has 1 N–H and O–H groups in total. The molecule has 0 radical (unpaired) electrons. The van der Waals surface area contributed by atoms with Crippen molar-refractivity contribution in [3.05, 3.63) is 80.1 Å². The highest BCUT2D eigenvalue weighted by molar-refractivity contribution is 9.10. The van der Waals surface area contributed by atoms with Gasteiger partial charge < -0.3 is 10.1 Å². The Kier molecular flexibility index (Phi) is 6.20. The van der Waals surface area contributed by atoms with Crippen molar-refractivity contribution in [2.24, 2.45) is 0 Å². The predicted octanol–water partition coefficient (Wildman–Crippen LogP) is 4.62. The van der Waals surface area contributed by atoms with Crippen LogP contribution in [-0.4, -0.2) is 28.5 Å². The van der Waals surface area contributed by atoms with Crippen molar-refractivity contribution in [2.75, 3.05) is 12.4 Å². The van der Waals surface area contributed by atoms with E-state index in [-0.39, 0.29) is 18.0 Å². The average molecular weight is 512 g/mol. The Balaban J connectivity index is 1.61. The monoisotopic (exact) mass is 511 g/mol. The normalized spacial score (nSPS) is 10.8. The number of amides is 1. The number of halogens is 1. The zero-order valence-electron chi connectivity index (χ0n) is 17.2. The number of esters is 1. The van der Waals surface area contributed by atoms with E-state index in [0.29, 0.717) is 21.5 Å². The van der Waals surface area contributed by atoms with Crippen LogP contribution in [0, 0.1) is 6.92 Å². The first-order valence-corrected chi connectivity index (χ1v) is 11.2. The summed E-state index contributed by atoms with van der Waals surface area (Å²) in [6.45, 7) is 1.77. The molecule has 0 aliphatic rings. The fourth-order valence-electron chi connectivity index (χ4n) is 3.38. The molecule has 7 nitrogen and oxygen atoms in total. The van der Waals surface area contributed by atoms with Crippen LogP contribution in [0.15, 0.2) is 64.1 Å². The van der Waals surface area contributed by atoms with Crippen molar-refractivity contribution >= 4 is 55.0 Å². The van der Waals surface area contributed by atoms with Gasteiger partial charge in [-0.1, -0.05) is 28.1 Å². The van der Waals surface area contributed by atoms with Gasteiger partial charge in [-0.05, 0) is 48.9 Å². The number of nitrogens with zero attached hydrogens (tertiary/aromatic N) is 2. The number of hydrogen-bond acceptors (Lipinski definition) is 6. The lowest BCUT2D eigenvalue weighted by molar-refractivity contribution is -0.116. The lowest BCUT2D eigenvalue weighted by Gasteiger charge is -2.08. The van der Waals surface area contributed by atoms with Crippen molar-refractivity contribution in [3.8, 4) is 11.1 Å². The second-order valence-electron chi connectivity index (χ2n) is 7.02. The first-order valence-electron chi connectivity index (χ1n) is 9.60. The quantitative estimate of drug-likeness (QED) is 0.394. The number of hydrogen-bond donors (Lipinski definition) is 1. The van der Waals surface area contributed by atoms with Crippen LogP contribution in [-0.2, 0) is 16.1 Å². The zero-order valence-corrected chi connectivity index (χ0v) is 19.6. The van der Waals surface area contributed by atoms with Gasteiger partial charge >= 0.3 is 5.97 Å². The van der Waals surface area contributed by atoms with E-state index in [4.69, 9.17) is 0 Å². The third kappa shape index (κ3) is 4.35. The van der Waals surface area contributed by atoms with E-state index in [1.807, 2.05) is 31.2 Å². The second-order valence-corrected chi connectivity index (χ2v) is 9.13. The van der Waals surface area contributed by atoms with Crippen molar-refractivity contribution in [1.82, 2.24) is 9.55 Å². The van der Waals surface area contributed by atoms with Crippen LogP contribution in [0.3, 0.4) is 0 Å². The molecule has 0 aliphatic heterocycles. The highest BCUT2D eigenvalue weighted by atomic mass is 79.9. The maximum Gasteiger partial charge on any atom is 0.337 e. The molecule has 9 heteroatoms. The van der Waals surface area contributed by atoms with Gasteiger partial charge in [-0.15, -0.1) is 11.3 Å². The number of nitrogens with one attached hydrogen (secondary N) is 1. The summed E-state index contributed by atoms with van der Waals surface area (Å²) in [5, 5.41) is 3.23. The maximum absolute atomic E-state index is 13.2. The maximum atomic E-state index is 13.2. The lowest BCUT2D eigenvalue weighted by Crippen LogP contribution is -2.27. The van der Waals surface area contributed by atoms with Gasteiger partial charge in [-0.3, -0.25) is 14.2 Å². The van der Waals surface area contributed by atoms with Crippen LogP contribution in [0.2, 0.25) is 0 Å². The third-order valence-corrected chi connectivity index (χ3v) is 6.43. The van der Waals surface area contributed by atoms with E-state index in [1.165, 1.54) is 29.3 Å². The molecule has 0 saturated heterocycles. The number of methoxy groups -OCH3 is 1. The van der Waals surface area contributed by atoms with Crippen LogP contribution < -0.4 is 10.9 Å². The van der Waals surface area contributed by atoms with Gasteiger partial charge in [-0.2, -0.15) is 0 Å². The molecule has 0 unspecified atom stereocenters. The number of carbonyl (C=O) groups is 2. The molecule has 2 aromatic carbocycles. The van der Waals surface area contributed by atoms with Crippen molar-refractivity contribution < 1.29 is 14.3 Å². The summed E-state index contributed by atoms with van der Waals surface area (Å²) >= 11 is 4.88. The van der Waals surface area contributed by atoms with E-state index >= 15 is 0 Å². The molecular formula is C23H18BrN3O4S. The number of aromatic nitrogens is 2. The van der Waals surface area contributed by atoms with Crippen molar-refractivity contribution in [3.63, 3.8) is 0 Å². The van der Waals surface area contributed by atoms with Gasteiger partial charge in [-0.25, -0.2) is 9.78 Å². The summed E-state index contributed by atoms with van der Waals surface area (Å²) in [4.78, 5) is 43.3. The average Bonchev–Trinajstić information content (AvgIpc) is 3.13. The van der Waals surface area contributed by atoms with Crippen LogP contribution in [0.5, 0.6) is 0 Å². The van der Waals surface area contributed by atoms with Crippen LogP contribution >= 0.6 is 27.3 Å². The Morgan fingerprint density at radius 1 is 1.12 bits per heavy atom. The molecule has 2 aromatic heterocycles. The molecule has 0 bridgehead atoms. The summed E-state index contributed by atoms with van der Waals surface area (Å²) in [5.74, 6) is -0.836. The molecule has 0 aliphatic carbocycles. The van der Waals surface area contributed by atoms with Crippen molar-refractivity contribution in [2.45, 2.75) is 13.5 Å². The van der Waals surface area contributed by atoms with Gasteiger partial charge in [0.1, 0.15) is 11.4 Å². The number of benzene rings is 2. The summed E-state index contributed by atoms with van der Waals surface area (Å²) in [6.07, 6.45) is 1.39. The van der Waals surface area contributed by atoms with E-state index in [1.54, 1.807) is 24.3 Å². The molecule has 0 saturated carbocycles. The van der Waals surface area contributed by atoms with Gasteiger partial charge in [0.2, 0.25) is 5.91 Å². The third-order valence-electron chi connectivity index (χ3n) is 4.89. The summed E-state index contributed by atoms with van der Waals surface area (Å²) < 4.78 is 6.91. The zero-order chi connectivity index (χ0) is 22.8. The summed E-state index contributed by atoms with van der Waals surface area (Å²) in [6, 6.07) is 14.0. The van der Waals surface area contributed by atoms with Crippen LogP contribution in [0.25, 0.3) is 21.3 Å². The Hall–Kier alpha value is -3.30. The standard InChI is InChI=1S/C23H18BrN3O4S/c1-13-19(14-3-7-16(24)8-4-14)20-21(32-13)25-12-27(22(20)29)11-18(28)26-17-9-5-15(6-10-17)23(30)31-2/h3-10,12H,11H2,1-2H3,(H,26,28). The smallest absolute Gasteiger partial charge is 0.337 e. The van der Waals surface area contributed by atoms with E-state index < -0.39 is 5.97 Å². The Labute approximate surface area is 195 Å². The molecule has 4 rings (SSSR count). The van der Waals surface area contributed by atoms with E-state index in [0.717, 1.165) is 20.5 Å². The minimum absolute atomic E-state index is 0.185. The molecule has 4 aromatic rings. The Bertz CT molecular complexity index is 1380. The molecule has 1 amide bonds. The SMILES string of the molecule is COC(=O)c1ccc(NC(=O)Cn2cnc3sc(C)c(-c4ccc(Br)cc4)c3c2=O)cc1. The Morgan fingerprint density at radius 2 is 1.81 bits per heavy atom. The molecule has 0 spiro atoms. The highest BCUT2D eigenvalue weighted by Gasteiger charge is 2.18. The number of fused-ring (bicyclic) bond motifs is 1. The highest BCUT2D eigenvalue weighted by Crippen LogP contribution is 2.35. The molecule has 2 heterocycles.